The van der Waals surface area contributed by atoms with E-state index in [2.05, 4.69) is 5.32 Å². The summed E-state index contributed by atoms with van der Waals surface area (Å²) in [7, 11) is -1.96. The standard InChI is InChI=1S/C20H25N3O3S.ClH/c1-23(18-10-3-2-4-11-18)27(25,26)19-12-6-9-17(14-19)22-20(24)15-7-5-8-16(21)13-15;/h5-9,12-14,18H,2-4,10-11,21H2,1H3,(H,22,24);1H. The van der Waals surface area contributed by atoms with Crippen molar-refractivity contribution in [1.82, 2.24) is 4.31 Å². The average molecular weight is 424 g/mol. The Morgan fingerprint density at radius 3 is 2.43 bits per heavy atom. The molecule has 1 saturated carbocycles. The lowest BCUT2D eigenvalue weighted by Gasteiger charge is -2.30. The Kier molecular flexibility index (Phi) is 7.46. The number of nitrogens with zero attached hydrogens (tertiary/aromatic N) is 1. The monoisotopic (exact) mass is 423 g/mol. The summed E-state index contributed by atoms with van der Waals surface area (Å²) >= 11 is 0. The summed E-state index contributed by atoms with van der Waals surface area (Å²) in [5, 5.41) is 2.74. The molecule has 0 aromatic heterocycles. The van der Waals surface area contributed by atoms with Crippen LogP contribution in [0.5, 0.6) is 0 Å². The van der Waals surface area contributed by atoms with Crippen molar-refractivity contribution in [2.45, 2.75) is 43.0 Å². The van der Waals surface area contributed by atoms with E-state index in [1.165, 1.54) is 10.4 Å². The van der Waals surface area contributed by atoms with Crippen LogP contribution in [0, 0.1) is 0 Å². The molecule has 6 nitrogen and oxygen atoms in total. The molecule has 8 heteroatoms. The first-order valence-corrected chi connectivity index (χ1v) is 10.6. The molecule has 1 aliphatic carbocycles. The van der Waals surface area contributed by atoms with Crippen LogP contribution in [0.2, 0.25) is 0 Å². The number of anilines is 2. The number of sulfonamides is 1. The van der Waals surface area contributed by atoms with Gasteiger partial charge in [-0.1, -0.05) is 31.4 Å². The first kappa shape index (κ1) is 22.2. The summed E-state index contributed by atoms with van der Waals surface area (Å²) in [5.41, 5.74) is 7.05. The van der Waals surface area contributed by atoms with Crippen LogP contribution in [-0.2, 0) is 10.0 Å². The number of nitrogens with two attached hydrogens (primary N) is 1. The first-order chi connectivity index (χ1) is 12.9. The van der Waals surface area contributed by atoms with Gasteiger partial charge in [-0.15, -0.1) is 12.4 Å². The number of nitrogen functional groups attached to an aromatic ring is 1. The molecule has 1 fully saturated rings. The zero-order valence-corrected chi connectivity index (χ0v) is 17.4. The topological polar surface area (TPSA) is 92.5 Å². The Balaban J connectivity index is 0.00000280. The minimum Gasteiger partial charge on any atom is -0.399 e. The maximum atomic E-state index is 13.0. The highest BCUT2D eigenvalue weighted by molar-refractivity contribution is 7.89. The third kappa shape index (κ3) is 5.04. The molecule has 0 radical (unpaired) electrons. The third-order valence-corrected chi connectivity index (χ3v) is 6.91. The maximum Gasteiger partial charge on any atom is 0.255 e. The number of hydrogen-bond acceptors (Lipinski definition) is 4. The van der Waals surface area contributed by atoms with Crippen molar-refractivity contribution in [3.63, 3.8) is 0 Å². The lowest BCUT2D eigenvalue weighted by atomic mass is 9.96. The molecule has 0 aliphatic heterocycles. The molecule has 0 unspecified atom stereocenters. The molecule has 3 N–H and O–H groups in total. The van der Waals surface area contributed by atoms with Gasteiger partial charge in [0.05, 0.1) is 4.90 Å². The molecule has 0 atom stereocenters. The lowest BCUT2D eigenvalue weighted by molar-refractivity contribution is 0.102. The van der Waals surface area contributed by atoms with Crippen LogP contribution in [0.25, 0.3) is 0 Å². The van der Waals surface area contributed by atoms with E-state index in [0.29, 0.717) is 16.9 Å². The fourth-order valence-corrected chi connectivity index (χ4v) is 4.89. The largest absolute Gasteiger partial charge is 0.399 e. The van der Waals surface area contributed by atoms with Crippen LogP contribution < -0.4 is 11.1 Å². The van der Waals surface area contributed by atoms with Crippen LogP contribution >= 0.6 is 12.4 Å². The summed E-state index contributed by atoms with van der Waals surface area (Å²) in [6, 6.07) is 13.0. The molecule has 2 aromatic carbocycles. The zero-order chi connectivity index (χ0) is 19.4. The van der Waals surface area contributed by atoms with E-state index in [1.807, 2.05) is 0 Å². The number of carbonyl (C=O) groups excluding carboxylic acids is 1. The summed E-state index contributed by atoms with van der Waals surface area (Å²) in [6.07, 6.45) is 5.06. The third-order valence-electron chi connectivity index (χ3n) is 5.01. The predicted molar refractivity (Wildman–Crippen MR) is 114 cm³/mol. The minimum absolute atomic E-state index is 0. The van der Waals surface area contributed by atoms with Crippen LogP contribution in [0.4, 0.5) is 11.4 Å². The molecule has 3 rings (SSSR count). The normalized spacial score (nSPS) is 15.1. The summed E-state index contributed by atoms with van der Waals surface area (Å²) in [6.45, 7) is 0. The van der Waals surface area contributed by atoms with E-state index in [-0.39, 0.29) is 29.3 Å². The SMILES string of the molecule is CN(C1CCCCC1)S(=O)(=O)c1cccc(NC(=O)c2cccc(N)c2)c1.Cl. The molecule has 1 aliphatic rings. The molecule has 0 saturated heterocycles. The van der Waals surface area contributed by atoms with E-state index in [4.69, 9.17) is 5.73 Å². The number of hydrogen-bond donors (Lipinski definition) is 2. The second kappa shape index (κ2) is 9.41. The molecule has 1 amide bonds. The van der Waals surface area contributed by atoms with Gasteiger partial charge in [-0.25, -0.2) is 8.42 Å². The quantitative estimate of drug-likeness (QED) is 0.713. The highest BCUT2D eigenvalue weighted by Crippen LogP contribution is 2.27. The Morgan fingerprint density at radius 2 is 1.75 bits per heavy atom. The molecule has 28 heavy (non-hydrogen) atoms. The highest BCUT2D eigenvalue weighted by Gasteiger charge is 2.29. The Morgan fingerprint density at radius 1 is 1.07 bits per heavy atom. The van der Waals surface area contributed by atoms with E-state index in [9.17, 15) is 13.2 Å². The number of rotatable bonds is 5. The fraction of sp³-hybridized carbons (Fsp3) is 0.350. The van der Waals surface area contributed by atoms with Crippen LogP contribution in [0.3, 0.4) is 0 Å². The van der Waals surface area contributed by atoms with Gasteiger partial charge in [-0.05, 0) is 49.2 Å². The van der Waals surface area contributed by atoms with E-state index < -0.39 is 10.0 Å². The van der Waals surface area contributed by atoms with Crippen molar-refractivity contribution in [2.75, 3.05) is 18.1 Å². The summed E-state index contributed by atoms with van der Waals surface area (Å²) in [5.74, 6) is -0.336. The fourth-order valence-electron chi connectivity index (χ4n) is 3.42. The van der Waals surface area contributed by atoms with Gasteiger partial charge in [0.2, 0.25) is 10.0 Å². The van der Waals surface area contributed by atoms with Crippen molar-refractivity contribution in [2.24, 2.45) is 0 Å². The summed E-state index contributed by atoms with van der Waals surface area (Å²) < 4.78 is 27.4. The van der Waals surface area contributed by atoms with E-state index in [0.717, 1.165) is 32.1 Å². The van der Waals surface area contributed by atoms with E-state index in [1.54, 1.807) is 49.5 Å². The van der Waals surface area contributed by atoms with Crippen LogP contribution in [-0.4, -0.2) is 31.7 Å². The van der Waals surface area contributed by atoms with Crippen LogP contribution in [0.15, 0.2) is 53.4 Å². The second-order valence-electron chi connectivity index (χ2n) is 6.92. The van der Waals surface area contributed by atoms with Crippen molar-refractivity contribution < 1.29 is 13.2 Å². The average Bonchev–Trinajstić information content (AvgIpc) is 2.68. The van der Waals surface area contributed by atoms with E-state index >= 15 is 0 Å². The smallest absolute Gasteiger partial charge is 0.255 e. The Bertz CT molecular complexity index is 928. The van der Waals surface area contributed by atoms with Gasteiger partial charge in [-0.2, -0.15) is 4.31 Å². The van der Waals surface area contributed by atoms with Crippen molar-refractivity contribution in [1.29, 1.82) is 0 Å². The van der Waals surface area contributed by atoms with Crippen molar-refractivity contribution in [3.8, 4) is 0 Å². The van der Waals surface area contributed by atoms with Crippen molar-refractivity contribution in [3.05, 3.63) is 54.1 Å². The number of halogens is 1. The summed E-state index contributed by atoms with van der Waals surface area (Å²) in [4.78, 5) is 12.6. The molecule has 0 spiro atoms. The number of benzene rings is 2. The second-order valence-corrected chi connectivity index (χ2v) is 8.92. The molecule has 0 heterocycles. The van der Waals surface area contributed by atoms with Gasteiger partial charge < -0.3 is 11.1 Å². The highest BCUT2D eigenvalue weighted by atomic mass is 35.5. The van der Waals surface area contributed by atoms with Gasteiger partial charge >= 0.3 is 0 Å². The molecule has 2 aromatic rings. The minimum atomic E-state index is -3.61. The van der Waals surface area contributed by atoms with Gasteiger partial charge in [-0.3, -0.25) is 4.79 Å². The van der Waals surface area contributed by atoms with Gasteiger partial charge in [0.15, 0.2) is 0 Å². The number of amides is 1. The maximum absolute atomic E-state index is 13.0. The Hall–Kier alpha value is -2.09. The molecular weight excluding hydrogens is 398 g/mol. The predicted octanol–water partition coefficient (Wildman–Crippen LogP) is 3.90. The number of carbonyl (C=O) groups is 1. The molecule has 0 bridgehead atoms. The van der Waals surface area contributed by atoms with Gasteiger partial charge in [0.1, 0.15) is 0 Å². The lowest BCUT2D eigenvalue weighted by Crippen LogP contribution is -2.38. The van der Waals surface area contributed by atoms with Gasteiger partial charge in [0.25, 0.3) is 5.91 Å². The number of nitrogens with one attached hydrogen (secondary N) is 1. The van der Waals surface area contributed by atoms with Crippen LogP contribution in [0.1, 0.15) is 42.5 Å². The van der Waals surface area contributed by atoms with Gasteiger partial charge in [0, 0.05) is 30.0 Å². The first-order valence-electron chi connectivity index (χ1n) is 9.13. The molecule has 152 valence electrons. The Labute approximate surface area is 172 Å². The molecular formula is C20H26ClN3O3S. The van der Waals surface area contributed by atoms with Crippen molar-refractivity contribution >= 4 is 39.7 Å². The zero-order valence-electron chi connectivity index (χ0n) is 15.8.